The third-order valence-electron chi connectivity index (χ3n) is 8.00. The van der Waals surface area contributed by atoms with Crippen LogP contribution in [0, 0.1) is 24.8 Å². The molecule has 0 atom stereocenters. The predicted molar refractivity (Wildman–Crippen MR) is 169 cm³/mol. The molecule has 4 aromatic carbocycles. The molecular weight excluding hydrogens is 710 g/mol. The van der Waals surface area contributed by atoms with Gasteiger partial charge >= 0.3 is 0 Å². The molecule has 6 aromatic rings. The zero-order valence-electron chi connectivity index (χ0n) is 24.0. The maximum absolute atomic E-state index is 10.8. The molecule has 4 nitrogen and oxygen atoms in total. The molecule has 1 aliphatic heterocycles. The summed E-state index contributed by atoms with van der Waals surface area (Å²) in [6.45, 7) is 6.59. The summed E-state index contributed by atoms with van der Waals surface area (Å²) in [4.78, 5) is 11.9. The second kappa shape index (κ2) is 11.2. The third-order valence-corrected chi connectivity index (χ3v) is 8.00. The van der Waals surface area contributed by atoms with Gasteiger partial charge in [-0.05, 0) is 77.3 Å². The minimum Gasteiger partial charge on any atom is -0.506 e. The molecule has 43 heavy (non-hydrogen) atoms. The van der Waals surface area contributed by atoms with Crippen molar-refractivity contribution < 1.29 is 26.2 Å². The molecule has 1 aliphatic rings. The number of fused-ring (bicyclic) bond motifs is 3. The molecule has 0 saturated heterocycles. The number of hydrogen-bond acceptors (Lipinski definition) is 4. The summed E-state index contributed by atoms with van der Waals surface area (Å²) in [6.07, 6.45) is 1.85. The van der Waals surface area contributed by atoms with Crippen LogP contribution in [0.15, 0.2) is 109 Å². The summed E-state index contributed by atoms with van der Waals surface area (Å²) in [6, 6.07) is 37.9. The van der Waals surface area contributed by atoms with Gasteiger partial charge in [-0.25, -0.2) is 4.98 Å². The van der Waals surface area contributed by atoms with Crippen LogP contribution in [0.25, 0.3) is 22.2 Å². The number of aromatic hydroxyl groups is 1. The molecule has 212 valence electrons. The molecule has 0 radical (unpaired) electrons. The van der Waals surface area contributed by atoms with E-state index in [0.29, 0.717) is 5.52 Å². The Labute approximate surface area is 266 Å². The van der Waals surface area contributed by atoms with Crippen molar-refractivity contribution in [2.45, 2.75) is 26.2 Å². The number of benzene rings is 4. The summed E-state index contributed by atoms with van der Waals surface area (Å²) < 4.78 is 0. The van der Waals surface area contributed by atoms with Crippen LogP contribution in [0.3, 0.4) is 0 Å². The summed E-state index contributed by atoms with van der Waals surface area (Å²) >= 11 is 0. The van der Waals surface area contributed by atoms with Crippen molar-refractivity contribution in [1.82, 2.24) is 9.97 Å². The fourth-order valence-corrected chi connectivity index (χ4v) is 5.78. The molecule has 1 N–H and O–H groups in total. The molecule has 0 unspecified atom stereocenters. The van der Waals surface area contributed by atoms with E-state index in [2.05, 4.69) is 86.0 Å². The Morgan fingerprint density at radius 3 is 2.42 bits per heavy atom. The number of phenolic OH excluding ortho intramolecular Hbond substituents is 1. The van der Waals surface area contributed by atoms with Crippen LogP contribution in [-0.2, 0) is 26.5 Å². The molecule has 0 spiro atoms. The first-order valence-electron chi connectivity index (χ1n) is 14.0. The van der Waals surface area contributed by atoms with Gasteiger partial charge in [0.15, 0.2) is 0 Å². The number of rotatable bonds is 2. The SMILES string of the molecule is Cc1ccnc(N2c3[c-]c(-c4ccc5c(C#Cc6ccccc6)ccc(O)c5n4)ccc3C(C)(C)c3ccccc32)c1.[Pt]. The van der Waals surface area contributed by atoms with Gasteiger partial charge in [-0.15, -0.1) is 23.8 Å². The van der Waals surface area contributed by atoms with Gasteiger partial charge in [-0.3, -0.25) is 4.98 Å². The average Bonchev–Trinajstić information content (AvgIpc) is 3.01. The second-order valence-electron chi connectivity index (χ2n) is 11.1. The van der Waals surface area contributed by atoms with Crippen LogP contribution in [-0.4, -0.2) is 15.1 Å². The van der Waals surface area contributed by atoms with E-state index in [4.69, 9.17) is 9.97 Å². The molecule has 7 rings (SSSR count). The van der Waals surface area contributed by atoms with Crippen molar-refractivity contribution >= 4 is 28.1 Å². The normalized spacial score (nSPS) is 12.9. The molecule has 5 heteroatoms. The number of hydrogen-bond donors (Lipinski definition) is 1. The molecule has 0 fully saturated rings. The Bertz CT molecular complexity index is 2060. The zero-order chi connectivity index (χ0) is 28.8. The fourth-order valence-electron chi connectivity index (χ4n) is 5.78. The van der Waals surface area contributed by atoms with Crippen LogP contribution in [0.4, 0.5) is 17.2 Å². The van der Waals surface area contributed by atoms with E-state index in [-0.39, 0.29) is 32.2 Å². The third kappa shape index (κ3) is 5.01. The van der Waals surface area contributed by atoms with Crippen molar-refractivity contribution in [2.24, 2.45) is 0 Å². The first-order valence-corrected chi connectivity index (χ1v) is 14.0. The molecule has 0 amide bonds. The summed E-state index contributed by atoms with van der Waals surface area (Å²) in [5, 5.41) is 11.6. The van der Waals surface area contributed by atoms with Crippen molar-refractivity contribution in [2.75, 3.05) is 4.90 Å². The van der Waals surface area contributed by atoms with Gasteiger partial charge in [0.2, 0.25) is 0 Å². The van der Waals surface area contributed by atoms with Gasteiger partial charge in [0.05, 0.1) is 0 Å². The first kappa shape index (κ1) is 28.4. The molecule has 2 aromatic heterocycles. The van der Waals surface area contributed by atoms with E-state index < -0.39 is 0 Å². The molecular formula is C38H28N3OPt-. The number of anilines is 3. The van der Waals surface area contributed by atoms with Crippen LogP contribution in [0.5, 0.6) is 5.75 Å². The van der Waals surface area contributed by atoms with Crippen LogP contribution in [0.1, 0.15) is 41.7 Å². The molecule has 3 heterocycles. The standard InChI is InChI=1S/C38H28N3O.Pt/c1-25-21-22-39-36(23-25)41-33-12-8-7-11-30(33)38(2,3)31-18-15-28(24-34(31)41)32-19-17-29-27(16-20-35(42)37(29)40-32)14-13-26-9-5-4-6-10-26;/h4-12,15-23,42H,1-3H3;/q-1;. The largest absolute Gasteiger partial charge is 0.506 e. The Balaban J connectivity index is 0.00000329. The number of aromatic nitrogens is 2. The Morgan fingerprint density at radius 2 is 1.60 bits per heavy atom. The van der Waals surface area contributed by atoms with Gasteiger partial charge in [0.1, 0.15) is 17.1 Å². The van der Waals surface area contributed by atoms with E-state index in [0.717, 1.165) is 56.1 Å². The zero-order valence-corrected chi connectivity index (χ0v) is 26.3. The van der Waals surface area contributed by atoms with Crippen molar-refractivity contribution in [3.8, 4) is 28.8 Å². The van der Waals surface area contributed by atoms with Crippen molar-refractivity contribution in [3.05, 3.63) is 143 Å². The Hall–Kier alpha value is -4.71. The molecule has 0 aliphatic carbocycles. The fraction of sp³-hybridized carbons (Fsp3) is 0.105. The Morgan fingerprint density at radius 1 is 0.814 bits per heavy atom. The van der Waals surface area contributed by atoms with E-state index in [9.17, 15) is 5.11 Å². The van der Waals surface area contributed by atoms with E-state index >= 15 is 0 Å². The van der Waals surface area contributed by atoms with Gasteiger partial charge in [0, 0.05) is 49.5 Å². The molecule has 0 bridgehead atoms. The number of phenols is 1. The van der Waals surface area contributed by atoms with Crippen LogP contribution in [0.2, 0.25) is 0 Å². The van der Waals surface area contributed by atoms with E-state index in [1.807, 2.05) is 60.8 Å². The maximum atomic E-state index is 10.8. The van der Waals surface area contributed by atoms with Gasteiger partial charge in [-0.2, -0.15) is 0 Å². The van der Waals surface area contributed by atoms with Crippen molar-refractivity contribution in [1.29, 1.82) is 0 Å². The molecule has 0 saturated carbocycles. The van der Waals surface area contributed by atoms with Gasteiger partial charge in [-0.1, -0.05) is 79.8 Å². The monoisotopic (exact) mass is 737 g/mol. The second-order valence-corrected chi connectivity index (χ2v) is 11.1. The Kier molecular flexibility index (Phi) is 7.38. The topological polar surface area (TPSA) is 49.2 Å². The van der Waals surface area contributed by atoms with Crippen LogP contribution >= 0.6 is 0 Å². The van der Waals surface area contributed by atoms with Gasteiger partial charge in [0.25, 0.3) is 0 Å². The maximum Gasteiger partial charge on any atom is 0.140 e. The minimum atomic E-state index is -0.233. The summed E-state index contributed by atoms with van der Waals surface area (Å²) in [7, 11) is 0. The number of aryl methyl sites for hydroxylation is 1. The smallest absolute Gasteiger partial charge is 0.140 e. The summed E-state index contributed by atoms with van der Waals surface area (Å²) in [5.41, 5.74) is 9.16. The first-order chi connectivity index (χ1) is 20.4. The minimum absolute atomic E-state index is 0. The van der Waals surface area contributed by atoms with Gasteiger partial charge < -0.3 is 10.0 Å². The van der Waals surface area contributed by atoms with E-state index in [1.165, 1.54) is 5.56 Å². The number of pyridine rings is 2. The average molecular weight is 738 g/mol. The number of nitrogens with zero attached hydrogens (tertiary/aromatic N) is 3. The quantitative estimate of drug-likeness (QED) is 0.143. The number of para-hydroxylation sites is 1. The van der Waals surface area contributed by atoms with Crippen LogP contribution < -0.4 is 4.90 Å². The summed E-state index contributed by atoms with van der Waals surface area (Å²) in [5.74, 6) is 7.44. The van der Waals surface area contributed by atoms with Crippen molar-refractivity contribution in [3.63, 3.8) is 0 Å². The van der Waals surface area contributed by atoms with E-state index in [1.54, 1.807) is 6.07 Å². The predicted octanol–water partition coefficient (Wildman–Crippen LogP) is 8.62.